The molecule has 0 aromatic heterocycles. The monoisotopic (exact) mass is 244 g/mol. The number of rotatable bonds is 11. The predicted molar refractivity (Wildman–Crippen MR) is 71.0 cm³/mol. The van der Waals surface area contributed by atoms with Gasteiger partial charge in [0, 0.05) is 26.1 Å². The quantitative estimate of drug-likeness (QED) is 0.540. The maximum Gasteiger partial charge on any atom is 0.223 e. The third kappa shape index (κ3) is 9.12. The lowest BCUT2D eigenvalue weighted by Gasteiger charge is -2.21. The van der Waals surface area contributed by atoms with E-state index in [4.69, 9.17) is 5.11 Å². The average molecular weight is 244 g/mol. The Morgan fingerprint density at radius 3 is 2.53 bits per heavy atom. The molecule has 4 heteroatoms. The first-order valence-electron chi connectivity index (χ1n) is 6.85. The number of carbonyl (C=O) groups is 1. The molecule has 102 valence electrons. The summed E-state index contributed by atoms with van der Waals surface area (Å²) >= 11 is 0. The molecular formula is C13H28N2O2. The molecule has 0 aromatic carbocycles. The molecule has 0 aliphatic carbocycles. The fraction of sp³-hybridized carbons (Fsp3) is 0.923. The van der Waals surface area contributed by atoms with E-state index in [0.717, 1.165) is 26.1 Å². The van der Waals surface area contributed by atoms with Gasteiger partial charge in [0.2, 0.25) is 5.91 Å². The van der Waals surface area contributed by atoms with Crippen LogP contribution >= 0.6 is 0 Å². The largest absolute Gasteiger partial charge is 0.395 e. The summed E-state index contributed by atoms with van der Waals surface area (Å²) in [5, 5.41) is 12.1. The molecule has 0 heterocycles. The normalized spacial score (nSPS) is 10.5. The first kappa shape index (κ1) is 16.4. The Morgan fingerprint density at radius 2 is 1.94 bits per heavy atom. The van der Waals surface area contributed by atoms with Crippen LogP contribution in [0, 0.1) is 0 Å². The molecule has 0 rings (SSSR count). The Labute approximate surface area is 105 Å². The van der Waals surface area contributed by atoms with Gasteiger partial charge in [0.15, 0.2) is 0 Å². The number of nitrogens with one attached hydrogen (secondary N) is 1. The van der Waals surface area contributed by atoms with Crippen molar-refractivity contribution in [3.8, 4) is 0 Å². The molecule has 0 saturated carbocycles. The molecule has 0 atom stereocenters. The number of carbonyl (C=O) groups excluding carboxylic acids is 1. The minimum atomic E-state index is 0.0563. The molecule has 0 aliphatic heterocycles. The summed E-state index contributed by atoms with van der Waals surface area (Å²) < 4.78 is 0. The number of aliphatic hydroxyl groups excluding tert-OH is 1. The lowest BCUT2D eigenvalue weighted by Crippen LogP contribution is -2.36. The highest BCUT2D eigenvalue weighted by molar-refractivity contribution is 5.76. The molecule has 0 aromatic rings. The second kappa shape index (κ2) is 11.9. The molecular weight excluding hydrogens is 216 g/mol. The topological polar surface area (TPSA) is 52.6 Å². The Morgan fingerprint density at radius 1 is 1.18 bits per heavy atom. The lowest BCUT2D eigenvalue weighted by atomic mass is 10.2. The van der Waals surface area contributed by atoms with E-state index in [1.807, 2.05) is 6.92 Å². The Hall–Kier alpha value is -0.610. The van der Waals surface area contributed by atoms with Crippen LogP contribution in [0.15, 0.2) is 0 Å². The van der Waals surface area contributed by atoms with Crippen molar-refractivity contribution in [2.24, 2.45) is 0 Å². The number of aliphatic hydroxyl groups is 1. The zero-order chi connectivity index (χ0) is 12.9. The van der Waals surface area contributed by atoms with Crippen LogP contribution in [0.25, 0.3) is 0 Å². The van der Waals surface area contributed by atoms with Crippen molar-refractivity contribution in [2.75, 3.05) is 32.8 Å². The molecule has 1 amide bonds. The maximum absolute atomic E-state index is 11.8. The lowest BCUT2D eigenvalue weighted by molar-refractivity contribution is -0.131. The van der Waals surface area contributed by atoms with Crippen LogP contribution in [0.3, 0.4) is 0 Å². The van der Waals surface area contributed by atoms with Crippen LogP contribution in [-0.4, -0.2) is 48.7 Å². The van der Waals surface area contributed by atoms with Crippen LogP contribution in [0.5, 0.6) is 0 Å². The first-order valence-corrected chi connectivity index (χ1v) is 6.85. The molecule has 0 saturated heterocycles. The SMILES string of the molecule is CCCCCCN(CCO)C(=O)CCNCC. The van der Waals surface area contributed by atoms with Crippen LogP contribution in [-0.2, 0) is 4.79 Å². The smallest absolute Gasteiger partial charge is 0.223 e. The van der Waals surface area contributed by atoms with Crippen molar-refractivity contribution >= 4 is 5.91 Å². The molecule has 0 bridgehead atoms. The van der Waals surface area contributed by atoms with Crippen LogP contribution in [0.1, 0.15) is 46.0 Å². The van der Waals surface area contributed by atoms with E-state index in [0.29, 0.717) is 13.0 Å². The molecule has 4 nitrogen and oxygen atoms in total. The molecule has 17 heavy (non-hydrogen) atoms. The highest BCUT2D eigenvalue weighted by atomic mass is 16.3. The van der Waals surface area contributed by atoms with Crippen LogP contribution in [0.4, 0.5) is 0 Å². The zero-order valence-electron chi connectivity index (χ0n) is 11.4. The Bertz CT molecular complexity index is 186. The maximum atomic E-state index is 11.8. The predicted octanol–water partition coefficient (Wildman–Crippen LogP) is 1.39. The number of amides is 1. The number of unbranched alkanes of at least 4 members (excludes halogenated alkanes) is 3. The van der Waals surface area contributed by atoms with Gasteiger partial charge in [0.05, 0.1) is 6.61 Å². The first-order chi connectivity index (χ1) is 8.26. The van der Waals surface area contributed by atoms with Gasteiger partial charge in [-0.2, -0.15) is 0 Å². The summed E-state index contributed by atoms with van der Waals surface area (Å²) in [6.07, 6.45) is 5.16. The van der Waals surface area contributed by atoms with E-state index in [9.17, 15) is 4.79 Å². The summed E-state index contributed by atoms with van der Waals surface area (Å²) in [6.45, 7) is 7.13. The van der Waals surface area contributed by atoms with Crippen LogP contribution in [0.2, 0.25) is 0 Å². The summed E-state index contributed by atoms with van der Waals surface area (Å²) in [5.41, 5.74) is 0. The number of nitrogens with zero attached hydrogens (tertiary/aromatic N) is 1. The van der Waals surface area contributed by atoms with Gasteiger partial charge in [0.25, 0.3) is 0 Å². The average Bonchev–Trinajstić information content (AvgIpc) is 2.33. The Kier molecular flexibility index (Phi) is 11.4. The second-order valence-corrected chi connectivity index (χ2v) is 4.27. The molecule has 0 fully saturated rings. The van der Waals surface area contributed by atoms with Gasteiger partial charge in [-0.05, 0) is 13.0 Å². The van der Waals surface area contributed by atoms with Gasteiger partial charge >= 0.3 is 0 Å². The highest BCUT2D eigenvalue weighted by Crippen LogP contribution is 2.02. The van der Waals surface area contributed by atoms with E-state index in [-0.39, 0.29) is 12.5 Å². The van der Waals surface area contributed by atoms with Gasteiger partial charge < -0.3 is 15.3 Å². The van der Waals surface area contributed by atoms with Gasteiger partial charge in [0.1, 0.15) is 0 Å². The minimum absolute atomic E-state index is 0.0563. The van der Waals surface area contributed by atoms with Gasteiger partial charge in [-0.1, -0.05) is 33.1 Å². The fourth-order valence-corrected chi connectivity index (χ4v) is 1.74. The van der Waals surface area contributed by atoms with E-state index in [1.54, 1.807) is 4.90 Å². The summed E-state index contributed by atoms with van der Waals surface area (Å²) in [7, 11) is 0. The van der Waals surface area contributed by atoms with Gasteiger partial charge in [-0.15, -0.1) is 0 Å². The van der Waals surface area contributed by atoms with Crippen molar-refractivity contribution in [3.05, 3.63) is 0 Å². The fourth-order valence-electron chi connectivity index (χ4n) is 1.74. The van der Waals surface area contributed by atoms with E-state index >= 15 is 0 Å². The Balaban J connectivity index is 3.81. The van der Waals surface area contributed by atoms with E-state index in [2.05, 4.69) is 12.2 Å². The van der Waals surface area contributed by atoms with E-state index in [1.165, 1.54) is 19.3 Å². The van der Waals surface area contributed by atoms with Crippen molar-refractivity contribution < 1.29 is 9.90 Å². The number of hydrogen-bond donors (Lipinski definition) is 2. The summed E-state index contributed by atoms with van der Waals surface area (Å²) in [4.78, 5) is 13.6. The van der Waals surface area contributed by atoms with Gasteiger partial charge in [-0.25, -0.2) is 0 Å². The van der Waals surface area contributed by atoms with Gasteiger partial charge in [-0.3, -0.25) is 4.79 Å². The third-order valence-electron chi connectivity index (χ3n) is 2.77. The number of hydrogen-bond acceptors (Lipinski definition) is 3. The van der Waals surface area contributed by atoms with Crippen molar-refractivity contribution in [1.82, 2.24) is 10.2 Å². The standard InChI is InChI=1S/C13H28N2O2/c1-3-5-6-7-10-15(11-12-16)13(17)8-9-14-4-2/h14,16H,3-12H2,1-2H3. The molecule has 0 aliphatic rings. The minimum Gasteiger partial charge on any atom is -0.395 e. The molecule has 2 N–H and O–H groups in total. The van der Waals surface area contributed by atoms with Crippen LogP contribution < -0.4 is 5.32 Å². The summed E-state index contributed by atoms with van der Waals surface area (Å²) in [6, 6.07) is 0. The zero-order valence-corrected chi connectivity index (χ0v) is 11.4. The van der Waals surface area contributed by atoms with Crippen molar-refractivity contribution in [1.29, 1.82) is 0 Å². The highest BCUT2D eigenvalue weighted by Gasteiger charge is 2.11. The van der Waals surface area contributed by atoms with E-state index < -0.39 is 0 Å². The summed E-state index contributed by atoms with van der Waals surface area (Å²) in [5.74, 6) is 0.150. The van der Waals surface area contributed by atoms with Crippen molar-refractivity contribution in [2.45, 2.75) is 46.0 Å². The third-order valence-corrected chi connectivity index (χ3v) is 2.77. The molecule has 0 spiro atoms. The molecule has 0 unspecified atom stereocenters. The molecule has 0 radical (unpaired) electrons. The second-order valence-electron chi connectivity index (χ2n) is 4.27. The van der Waals surface area contributed by atoms with Crippen molar-refractivity contribution in [3.63, 3.8) is 0 Å².